The number of rotatable bonds is 4. The third kappa shape index (κ3) is 4.09. The molecule has 0 aromatic heterocycles. The SMILES string of the molecule is CC(C)(CNC(=O)N1CCC[C@H](C(=O)O)C1)S(C)(=O)=O. The zero-order chi connectivity index (χ0) is 15.6. The number of piperidine rings is 1. The number of carboxylic acid groups (broad SMARTS) is 1. The molecule has 0 radical (unpaired) electrons. The minimum absolute atomic E-state index is 0.00109. The molecule has 0 bridgehead atoms. The molecule has 1 saturated heterocycles. The summed E-state index contributed by atoms with van der Waals surface area (Å²) in [6.07, 6.45) is 2.33. The van der Waals surface area contributed by atoms with E-state index in [0.717, 1.165) is 6.26 Å². The average molecular weight is 306 g/mol. The Hall–Kier alpha value is -1.31. The third-order valence-electron chi connectivity index (χ3n) is 3.73. The van der Waals surface area contributed by atoms with Gasteiger partial charge in [0.15, 0.2) is 9.84 Å². The summed E-state index contributed by atoms with van der Waals surface area (Å²) >= 11 is 0. The smallest absolute Gasteiger partial charge is 0.317 e. The van der Waals surface area contributed by atoms with E-state index in [2.05, 4.69) is 5.32 Å². The van der Waals surface area contributed by atoms with Crippen LogP contribution in [0.25, 0.3) is 0 Å². The van der Waals surface area contributed by atoms with Gasteiger partial charge in [0, 0.05) is 25.9 Å². The summed E-state index contributed by atoms with van der Waals surface area (Å²) in [6.45, 7) is 3.74. The van der Waals surface area contributed by atoms with Crippen LogP contribution >= 0.6 is 0 Å². The van der Waals surface area contributed by atoms with Crippen molar-refractivity contribution in [2.75, 3.05) is 25.9 Å². The van der Waals surface area contributed by atoms with Crippen LogP contribution in [0.4, 0.5) is 4.79 Å². The van der Waals surface area contributed by atoms with Crippen molar-refractivity contribution in [1.29, 1.82) is 0 Å². The van der Waals surface area contributed by atoms with Crippen LogP contribution in [0, 0.1) is 5.92 Å². The maximum Gasteiger partial charge on any atom is 0.317 e. The highest BCUT2D eigenvalue weighted by Crippen LogP contribution is 2.17. The Balaban J connectivity index is 2.57. The van der Waals surface area contributed by atoms with E-state index in [4.69, 9.17) is 5.11 Å². The van der Waals surface area contributed by atoms with Crippen molar-refractivity contribution >= 4 is 21.8 Å². The summed E-state index contributed by atoms with van der Waals surface area (Å²) in [5.74, 6) is -1.45. The standard InChI is InChI=1S/C12H22N2O5S/c1-12(2,20(3,18)19)8-13-11(17)14-6-4-5-9(7-14)10(15)16/h9H,4-8H2,1-3H3,(H,13,17)(H,15,16)/t9-/m0/s1. The van der Waals surface area contributed by atoms with Crippen molar-refractivity contribution in [2.45, 2.75) is 31.4 Å². The van der Waals surface area contributed by atoms with Gasteiger partial charge in [0.1, 0.15) is 0 Å². The lowest BCUT2D eigenvalue weighted by molar-refractivity contribution is -0.143. The number of carboxylic acids is 1. The van der Waals surface area contributed by atoms with Gasteiger partial charge in [0.25, 0.3) is 0 Å². The molecule has 1 atom stereocenters. The quantitative estimate of drug-likeness (QED) is 0.778. The van der Waals surface area contributed by atoms with Crippen LogP contribution in [0.3, 0.4) is 0 Å². The molecular formula is C12H22N2O5S. The van der Waals surface area contributed by atoms with Crippen molar-refractivity contribution < 1.29 is 23.1 Å². The number of aliphatic carboxylic acids is 1. The van der Waals surface area contributed by atoms with E-state index in [1.165, 1.54) is 4.90 Å². The fourth-order valence-corrected chi connectivity index (χ4v) is 2.23. The van der Waals surface area contributed by atoms with E-state index in [1.54, 1.807) is 13.8 Å². The summed E-state index contributed by atoms with van der Waals surface area (Å²) in [4.78, 5) is 24.3. The van der Waals surface area contributed by atoms with Crippen molar-refractivity contribution in [2.24, 2.45) is 5.92 Å². The zero-order valence-corrected chi connectivity index (χ0v) is 12.9. The number of sulfone groups is 1. The van der Waals surface area contributed by atoms with Crippen LogP contribution in [0.2, 0.25) is 0 Å². The fourth-order valence-electron chi connectivity index (χ4n) is 1.89. The van der Waals surface area contributed by atoms with Gasteiger partial charge in [-0.25, -0.2) is 13.2 Å². The third-order valence-corrected chi connectivity index (χ3v) is 5.88. The van der Waals surface area contributed by atoms with E-state index in [0.29, 0.717) is 19.4 Å². The summed E-state index contributed by atoms with van der Waals surface area (Å²) in [6, 6.07) is -0.410. The number of carbonyl (C=O) groups excluding carboxylic acids is 1. The maximum absolute atomic E-state index is 12.0. The number of likely N-dealkylation sites (tertiary alicyclic amines) is 1. The van der Waals surface area contributed by atoms with Gasteiger partial charge < -0.3 is 15.3 Å². The number of hydrogen-bond acceptors (Lipinski definition) is 4. The normalized spacial score (nSPS) is 20.6. The van der Waals surface area contributed by atoms with Crippen LogP contribution in [-0.2, 0) is 14.6 Å². The molecule has 1 heterocycles. The predicted octanol–water partition coefficient (Wildman–Crippen LogP) is 0.316. The molecule has 116 valence electrons. The van der Waals surface area contributed by atoms with E-state index >= 15 is 0 Å². The second kappa shape index (κ2) is 5.99. The molecule has 1 aliphatic heterocycles. The molecule has 0 aliphatic carbocycles. The van der Waals surface area contributed by atoms with E-state index in [1.807, 2.05) is 0 Å². The van der Waals surface area contributed by atoms with Crippen LogP contribution < -0.4 is 5.32 Å². The molecule has 0 saturated carbocycles. The van der Waals surface area contributed by atoms with Gasteiger partial charge in [-0.1, -0.05) is 0 Å². The van der Waals surface area contributed by atoms with Gasteiger partial charge in [-0.05, 0) is 26.7 Å². The fraction of sp³-hybridized carbons (Fsp3) is 0.833. The highest BCUT2D eigenvalue weighted by molar-refractivity contribution is 7.92. The van der Waals surface area contributed by atoms with E-state index < -0.39 is 32.5 Å². The van der Waals surface area contributed by atoms with Crippen LogP contribution in [-0.4, -0.2) is 61.1 Å². The lowest BCUT2D eigenvalue weighted by Gasteiger charge is -2.32. The Morgan fingerprint density at radius 2 is 2.00 bits per heavy atom. The van der Waals surface area contributed by atoms with Gasteiger partial charge in [-0.2, -0.15) is 0 Å². The molecule has 0 spiro atoms. The Morgan fingerprint density at radius 3 is 2.50 bits per heavy atom. The molecule has 20 heavy (non-hydrogen) atoms. The molecule has 1 aliphatic rings. The molecule has 8 heteroatoms. The number of nitrogens with one attached hydrogen (secondary N) is 1. The van der Waals surface area contributed by atoms with Crippen LogP contribution in [0.15, 0.2) is 0 Å². The monoisotopic (exact) mass is 306 g/mol. The second-order valence-electron chi connectivity index (χ2n) is 5.81. The Labute approximate surface area is 119 Å². The Bertz CT molecular complexity index is 486. The van der Waals surface area contributed by atoms with Crippen molar-refractivity contribution in [3.8, 4) is 0 Å². The molecule has 1 rings (SSSR count). The predicted molar refractivity (Wildman–Crippen MR) is 74.3 cm³/mol. The largest absolute Gasteiger partial charge is 0.481 e. The molecule has 2 N–H and O–H groups in total. The van der Waals surface area contributed by atoms with Crippen LogP contribution in [0.5, 0.6) is 0 Å². The highest BCUT2D eigenvalue weighted by atomic mass is 32.2. The highest BCUT2D eigenvalue weighted by Gasteiger charge is 2.32. The number of hydrogen-bond donors (Lipinski definition) is 2. The molecule has 0 aromatic rings. The molecule has 0 unspecified atom stereocenters. The van der Waals surface area contributed by atoms with Crippen molar-refractivity contribution in [1.82, 2.24) is 10.2 Å². The van der Waals surface area contributed by atoms with Gasteiger partial charge >= 0.3 is 12.0 Å². The Morgan fingerprint density at radius 1 is 1.40 bits per heavy atom. The first-order chi connectivity index (χ1) is 9.04. The van der Waals surface area contributed by atoms with Crippen LogP contribution in [0.1, 0.15) is 26.7 Å². The number of amides is 2. The van der Waals surface area contributed by atoms with Gasteiger partial charge in [0.05, 0.1) is 10.7 Å². The first kappa shape index (κ1) is 16.7. The number of urea groups is 1. The minimum Gasteiger partial charge on any atom is -0.481 e. The molecule has 0 aromatic carbocycles. The molecule has 7 nitrogen and oxygen atoms in total. The molecular weight excluding hydrogens is 284 g/mol. The summed E-state index contributed by atoms with van der Waals surface area (Å²) in [5.41, 5.74) is 0. The van der Waals surface area contributed by atoms with E-state index in [-0.39, 0.29) is 13.1 Å². The lowest BCUT2D eigenvalue weighted by Crippen LogP contribution is -2.51. The zero-order valence-electron chi connectivity index (χ0n) is 12.0. The molecule has 2 amide bonds. The van der Waals surface area contributed by atoms with Gasteiger partial charge in [-0.15, -0.1) is 0 Å². The van der Waals surface area contributed by atoms with Gasteiger partial charge in [0.2, 0.25) is 0 Å². The molecule has 1 fully saturated rings. The maximum atomic E-state index is 12.0. The van der Waals surface area contributed by atoms with Crippen molar-refractivity contribution in [3.05, 3.63) is 0 Å². The second-order valence-corrected chi connectivity index (χ2v) is 8.46. The summed E-state index contributed by atoms with van der Waals surface area (Å²) in [7, 11) is -3.28. The average Bonchev–Trinajstić information content (AvgIpc) is 2.34. The first-order valence-corrected chi connectivity index (χ1v) is 8.39. The Kier molecular flexibility index (Phi) is 5.01. The van der Waals surface area contributed by atoms with Crippen molar-refractivity contribution in [3.63, 3.8) is 0 Å². The topological polar surface area (TPSA) is 104 Å². The first-order valence-electron chi connectivity index (χ1n) is 6.50. The minimum atomic E-state index is -3.28. The lowest BCUT2D eigenvalue weighted by atomic mass is 9.99. The summed E-state index contributed by atoms with van der Waals surface area (Å²) in [5, 5.41) is 11.5. The number of nitrogens with zero attached hydrogens (tertiary/aromatic N) is 1. The van der Waals surface area contributed by atoms with Gasteiger partial charge in [-0.3, -0.25) is 4.79 Å². The van der Waals surface area contributed by atoms with E-state index in [9.17, 15) is 18.0 Å². The summed E-state index contributed by atoms with van der Waals surface area (Å²) < 4.78 is 22.0. The number of carbonyl (C=O) groups is 2.